The van der Waals surface area contributed by atoms with Crippen molar-refractivity contribution in [2.75, 3.05) is 32.1 Å². The smallest absolute Gasteiger partial charge is 0.240 e. The fourth-order valence-electron chi connectivity index (χ4n) is 0.835. The van der Waals surface area contributed by atoms with E-state index in [1.807, 2.05) is 27.9 Å². The average Bonchev–Trinajstić information content (AvgIpc) is 2.10. The zero-order valence-electron chi connectivity index (χ0n) is 9.46. The fourth-order valence-corrected chi connectivity index (χ4v) is 2.12. The van der Waals surface area contributed by atoms with Crippen molar-refractivity contribution in [1.29, 1.82) is 0 Å². The molecule has 0 rings (SSSR count). The van der Waals surface area contributed by atoms with Crippen molar-refractivity contribution in [1.82, 2.24) is 10.3 Å². The van der Waals surface area contributed by atoms with Crippen LogP contribution in [-0.4, -0.2) is 43.0 Å². The highest BCUT2D eigenvalue weighted by Crippen LogP contribution is 2.21. The van der Waals surface area contributed by atoms with Crippen LogP contribution in [0.15, 0.2) is 0 Å². The third-order valence-electron chi connectivity index (χ3n) is 1.89. The molecule has 1 amide bonds. The topological polar surface area (TPSA) is 58.4 Å². The van der Waals surface area contributed by atoms with Crippen LogP contribution < -0.4 is 11.3 Å². The lowest BCUT2D eigenvalue weighted by molar-refractivity contribution is -0.128. The molecule has 4 nitrogen and oxygen atoms in total. The highest BCUT2D eigenvalue weighted by Gasteiger charge is 2.26. The van der Waals surface area contributed by atoms with Crippen LogP contribution in [-0.2, 0) is 4.79 Å². The SMILES string of the molecule is CN(C)CCSCC(C)(C)C(=O)NN. The predicted octanol–water partition coefficient (Wildman–Crippen LogP) is 0.297. The van der Waals surface area contributed by atoms with E-state index in [2.05, 4.69) is 10.3 Å². The molecular formula is C9H21N3OS. The first kappa shape index (κ1) is 13.7. The average molecular weight is 219 g/mol. The molecule has 0 heterocycles. The Balaban J connectivity index is 3.71. The van der Waals surface area contributed by atoms with Crippen LogP contribution >= 0.6 is 11.8 Å². The molecule has 84 valence electrons. The summed E-state index contributed by atoms with van der Waals surface area (Å²) in [6, 6.07) is 0. The lowest BCUT2D eigenvalue weighted by Crippen LogP contribution is -2.42. The Morgan fingerprint density at radius 2 is 2.07 bits per heavy atom. The van der Waals surface area contributed by atoms with Gasteiger partial charge in [-0.2, -0.15) is 11.8 Å². The van der Waals surface area contributed by atoms with Gasteiger partial charge in [-0.15, -0.1) is 0 Å². The molecule has 0 aromatic heterocycles. The number of amides is 1. The minimum Gasteiger partial charge on any atom is -0.309 e. The van der Waals surface area contributed by atoms with E-state index in [0.29, 0.717) is 0 Å². The molecule has 5 heteroatoms. The number of carbonyl (C=O) groups is 1. The Morgan fingerprint density at radius 3 is 2.50 bits per heavy atom. The highest BCUT2D eigenvalue weighted by molar-refractivity contribution is 7.99. The summed E-state index contributed by atoms with van der Waals surface area (Å²) in [5.74, 6) is 6.82. The Bertz CT molecular complexity index is 183. The zero-order valence-corrected chi connectivity index (χ0v) is 10.3. The van der Waals surface area contributed by atoms with Crippen LogP contribution in [0.25, 0.3) is 0 Å². The Labute approximate surface area is 90.6 Å². The molecule has 0 spiro atoms. The first-order valence-electron chi connectivity index (χ1n) is 4.63. The summed E-state index contributed by atoms with van der Waals surface area (Å²) in [5, 5.41) is 0. The minimum atomic E-state index is -0.383. The second kappa shape index (κ2) is 6.27. The molecule has 0 atom stereocenters. The lowest BCUT2D eigenvalue weighted by atomic mass is 9.96. The quantitative estimate of drug-likeness (QED) is 0.292. The summed E-state index contributed by atoms with van der Waals surface area (Å²) in [6.45, 7) is 4.83. The summed E-state index contributed by atoms with van der Waals surface area (Å²) >= 11 is 1.77. The molecule has 0 aliphatic heterocycles. The molecular weight excluding hydrogens is 198 g/mol. The third kappa shape index (κ3) is 5.47. The maximum Gasteiger partial charge on any atom is 0.240 e. The van der Waals surface area contributed by atoms with Gasteiger partial charge in [0.1, 0.15) is 0 Å². The van der Waals surface area contributed by atoms with Gasteiger partial charge in [-0.1, -0.05) is 13.8 Å². The Kier molecular flexibility index (Phi) is 6.15. The molecule has 0 fully saturated rings. The van der Waals surface area contributed by atoms with Crippen LogP contribution in [0.5, 0.6) is 0 Å². The van der Waals surface area contributed by atoms with Gasteiger partial charge in [-0.3, -0.25) is 10.2 Å². The molecule has 0 bridgehead atoms. The van der Waals surface area contributed by atoms with E-state index in [9.17, 15) is 4.79 Å². The molecule has 0 aliphatic carbocycles. The van der Waals surface area contributed by atoms with Gasteiger partial charge >= 0.3 is 0 Å². The zero-order chi connectivity index (χ0) is 11.2. The number of hydrazine groups is 1. The van der Waals surface area contributed by atoms with Crippen molar-refractivity contribution in [2.24, 2.45) is 11.3 Å². The van der Waals surface area contributed by atoms with Crippen molar-refractivity contribution < 1.29 is 4.79 Å². The molecule has 0 aliphatic rings. The van der Waals surface area contributed by atoms with Crippen molar-refractivity contribution in [3.63, 3.8) is 0 Å². The van der Waals surface area contributed by atoms with Gasteiger partial charge in [-0.05, 0) is 14.1 Å². The number of carbonyl (C=O) groups excluding carboxylic acids is 1. The van der Waals surface area contributed by atoms with Crippen LogP contribution in [0.1, 0.15) is 13.8 Å². The number of nitrogens with zero attached hydrogens (tertiary/aromatic N) is 1. The standard InChI is InChI=1S/C9H21N3OS/c1-9(2,8(13)11-10)7-14-6-5-12(3)4/h5-7,10H2,1-4H3,(H,11,13). The Hall–Kier alpha value is -0.260. The summed E-state index contributed by atoms with van der Waals surface area (Å²) in [7, 11) is 4.08. The van der Waals surface area contributed by atoms with Gasteiger partial charge in [0.25, 0.3) is 0 Å². The first-order chi connectivity index (χ1) is 6.40. The van der Waals surface area contributed by atoms with E-state index in [1.54, 1.807) is 11.8 Å². The number of thioether (sulfide) groups is 1. The third-order valence-corrected chi connectivity index (χ3v) is 3.29. The van der Waals surface area contributed by atoms with E-state index >= 15 is 0 Å². The summed E-state index contributed by atoms with van der Waals surface area (Å²) in [4.78, 5) is 13.4. The van der Waals surface area contributed by atoms with Crippen molar-refractivity contribution in [3.8, 4) is 0 Å². The number of hydrogen-bond donors (Lipinski definition) is 2. The molecule has 14 heavy (non-hydrogen) atoms. The van der Waals surface area contributed by atoms with E-state index < -0.39 is 0 Å². The van der Waals surface area contributed by atoms with Crippen molar-refractivity contribution in [3.05, 3.63) is 0 Å². The van der Waals surface area contributed by atoms with E-state index in [0.717, 1.165) is 18.1 Å². The van der Waals surface area contributed by atoms with E-state index in [1.165, 1.54) is 0 Å². The normalized spacial score (nSPS) is 11.9. The number of nitrogens with one attached hydrogen (secondary N) is 1. The monoisotopic (exact) mass is 219 g/mol. The molecule has 0 unspecified atom stereocenters. The highest BCUT2D eigenvalue weighted by atomic mass is 32.2. The maximum atomic E-state index is 11.3. The van der Waals surface area contributed by atoms with Gasteiger partial charge in [0.05, 0.1) is 5.41 Å². The first-order valence-corrected chi connectivity index (χ1v) is 5.79. The second-order valence-corrected chi connectivity index (χ2v) is 5.32. The van der Waals surface area contributed by atoms with Crippen molar-refractivity contribution in [2.45, 2.75) is 13.8 Å². The molecule has 0 aromatic rings. The van der Waals surface area contributed by atoms with Gasteiger partial charge < -0.3 is 4.90 Å². The molecule has 0 aromatic carbocycles. The van der Waals surface area contributed by atoms with Gasteiger partial charge in [-0.25, -0.2) is 5.84 Å². The molecule has 3 N–H and O–H groups in total. The predicted molar refractivity (Wildman–Crippen MR) is 62.0 cm³/mol. The van der Waals surface area contributed by atoms with E-state index in [-0.39, 0.29) is 11.3 Å². The lowest BCUT2D eigenvalue weighted by Gasteiger charge is -2.21. The van der Waals surface area contributed by atoms with Crippen LogP contribution in [0, 0.1) is 5.41 Å². The Morgan fingerprint density at radius 1 is 1.50 bits per heavy atom. The molecule has 0 saturated carbocycles. The van der Waals surface area contributed by atoms with Crippen LogP contribution in [0.3, 0.4) is 0 Å². The van der Waals surface area contributed by atoms with Crippen molar-refractivity contribution >= 4 is 17.7 Å². The minimum absolute atomic E-state index is 0.102. The fraction of sp³-hybridized carbons (Fsp3) is 0.889. The van der Waals surface area contributed by atoms with Gasteiger partial charge in [0.2, 0.25) is 5.91 Å². The molecule has 0 saturated heterocycles. The van der Waals surface area contributed by atoms with Gasteiger partial charge in [0.15, 0.2) is 0 Å². The number of rotatable bonds is 6. The maximum absolute atomic E-state index is 11.3. The number of hydrogen-bond acceptors (Lipinski definition) is 4. The van der Waals surface area contributed by atoms with E-state index in [4.69, 9.17) is 5.84 Å². The summed E-state index contributed by atoms with van der Waals surface area (Å²) in [6.07, 6.45) is 0. The van der Waals surface area contributed by atoms with Crippen LogP contribution in [0.2, 0.25) is 0 Å². The molecule has 0 radical (unpaired) electrons. The second-order valence-electron chi connectivity index (χ2n) is 4.21. The van der Waals surface area contributed by atoms with Gasteiger partial charge in [0, 0.05) is 18.1 Å². The van der Waals surface area contributed by atoms with Crippen LogP contribution in [0.4, 0.5) is 0 Å². The largest absolute Gasteiger partial charge is 0.309 e. The summed E-state index contributed by atoms with van der Waals surface area (Å²) in [5.41, 5.74) is 1.81. The summed E-state index contributed by atoms with van der Waals surface area (Å²) < 4.78 is 0. The number of nitrogens with two attached hydrogens (primary N) is 1.